The molecule has 2 aromatic carbocycles. The number of nitrogens with zero attached hydrogens (tertiary/aromatic N) is 2. The number of rotatable bonds is 4. The topological polar surface area (TPSA) is 95.0 Å². The van der Waals surface area contributed by atoms with E-state index in [1.165, 1.54) is 17.0 Å². The van der Waals surface area contributed by atoms with E-state index in [1.54, 1.807) is 48.5 Å². The van der Waals surface area contributed by atoms with Gasteiger partial charge in [0.25, 0.3) is 11.6 Å². The van der Waals surface area contributed by atoms with Crippen LogP contribution in [0.4, 0.5) is 11.4 Å². The van der Waals surface area contributed by atoms with E-state index in [4.69, 9.17) is 26.1 Å². The summed E-state index contributed by atoms with van der Waals surface area (Å²) < 4.78 is 16.9. The van der Waals surface area contributed by atoms with E-state index < -0.39 is 4.92 Å². The van der Waals surface area contributed by atoms with Gasteiger partial charge in [-0.1, -0.05) is 36.1 Å². The molecule has 5 rings (SSSR count). The number of hydrogen-bond acceptors (Lipinski definition) is 8. The number of nitro benzene ring substituents is 1. The van der Waals surface area contributed by atoms with Gasteiger partial charge in [0.1, 0.15) is 11.5 Å². The van der Waals surface area contributed by atoms with Crippen LogP contribution in [-0.2, 0) is 4.79 Å². The number of carbonyl (C=O) groups excluding carboxylic acids is 1. The maximum Gasteiger partial charge on any atom is 0.270 e. The number of non-ortho nitro benzene ring substituents is 1. The van der Waals surface area contributed by atoms with Crippen molar-refractivity contribution in [2.24, 2.45) is 0 Å². The van der Waals surface area contributed by atoms with Crippen LogP contribution in [0.3, 0.4) is 0 Å². The van der Waals surface area contributed by atoms with Crippen molar-refractivity contribution in [3.63, 3.8) is 0 Å². The molecule has 0 spiro atoms. The molecule has 1 saturated heterocycles. The van der Waals surface area contributed by atoms with Gasteiger partial charge < -0.3 is 13.9 Å². The van der Waals surface area contributed by atoms with Crippen LogP contribution in [0.2, 0.25) is 0 Å². The number of fused-ring (bicyclic) bond motifs is 1. The third-order valence-electron chi connectivity index (χ3n) is 4.65. The molecule has 8 nitrogen and oxygen atoms in total. The van der Waals surface area contributed by atoms with Crippen molar-refractivity contribution in [3.05, 3.63) is 75.4 Å². The molecule has 2 aliphatic heterocycles. The summed E-state index contributed by atoms with van der Waals surface area (Å²) in [4.78, 5) is 25.3. The lowest BCUT2D eigenvalue weighted by Gasteiger charge is -2.14. The predicted molar refractivity (Wildman–Crippen MR) is 119 cm³/mol. The molecule has 0 N–H and O–H groups in total. The van der Waals surface area contributed by atoms with E-state index >= 15 is 0 Å². The number of benzene rings is 2. The van der Waals surface area contributed by atoms with Gasteiger partial charge in [0.2, 0.25) is 6.79 Å². The molecule has 0 atom stereocenters. The van der Waals surface area contributed by atoms with Gasteiger partial charge >= 0.3 is 0 Å². The molecular weight excluding hydrogens is 440 g/mol. The van der Waals surface area contributed by atoms with Gasteiger partial charge in [-0.3, -0.25) is 19.8 Å². The van der Waals surface area contributed by atoms with Crippen LogP contribution < -0.4 is 14.4 Å². The Morgan fingerprint density at radius 2 is 1.94 bits per heavy atom. The van der Waals surface area contributed by atoms with E-state index in [0.717, 1.165) is 11.8 Å². The second-order valence-electron chi connectivity index (χ2n) is 6.56. The van der Waals surface area contributed by atoms with Gasteiger partial charge in [0.15, 0.2) is 15.8 Å². The SMILES string of the molecule is O=C1/C(=C\c2ccc(-c3cccc([N+](=O)[O-])c3)o2)SC(=S)N1c1ccc2c(c1)OCO2. The summed E-state index contributed by atoms with van der Waals surface area (Å²) in [6.07, 6.45) is 1.60. The summed E-state index contributed by atoms with van der Waals surface area (Å²) in [5.74, 6) is 1.80. The van der Waals surface area contributed by atoms with Crippen LogP contribution in [0.1, 0.15) is 5.76 Å². The molecule has 0 unspecified atom stereocenters. The van der Waals surface area contributed by atoms with E-state index in [0.29, 0.717) is 43.5 Å². The molecule has 10 heteroatoms. The fraction of sp³-hybridized carbons (Fsp3) is 0.0476. The number of nitro groups is 1. The molecule has 0 radical (unpaired) electrons. The molecule has 0 saturated carbocycles. The van der Waals surface area contributed by atoms with Crippen molar-refractivity contribution >= 4 is 51.7 Å². The van der Waals surface area contributed by atoms with E-state index in [1.807, 2.05) is 0 Å². The minimum absolute atomic E-state index is 0.0277. The first-order valence-electron chi connectivity index (χ1n) is 9.02. The smallest absolute Gasteiger partial charge is 0.270 e. The molecule has 1 fully saturated rings. The van der Waals surface area contributed by atoms with Gasteiger partial charge in [-0.05, 0) is 24.3 Å². The quantitative estimate of drug-likeness (QED) is 0.236. The van der Waals surface area contributed by atoms with Crippen molar-refractivity contribution in [1.29, 1.82) is 0 Å². The third kappa shape index (κ3) is 3.56. The van der Waals surface area contributed by atoms with E-state index in [2.05, 4.69) is 0 Å². The number of carbonyl (C=O) groups is 1. The molecule has 2 aliphatic rings. The lowest BCUT2D eigenvalue weighted by atomic mass is 10.1. The Kier molecular flexibility index (Phi) is 4.72. The molecule has 0 bridgehead atoms. The zero-order valence-electron chi connectivity index (χ0n) is 15.6. The first-order valence-corrected chi connectivity index (χ1v) is 10.2. The van der Waals surface area contributed by atoms with Crippen LogP contribution in [0.15, 0.2) is 63.9 Å². The maximum absolute atomic E-state index is 13.0. The van der Waals surface area contributed by atoms with Gasteiger partial charge in [0.05, 0.1) is 15.5 Å². The second-order valence-corrected chi connectivity index (χ2v) is 8.24. The third-order valence-corrected chi connectivity index (χ3v) is 5.95. The Morgan fingerprint density at radius 1 is 1.10 bits per heavy atom. The maximum atomic E-state index is 13.0. The fourth-order valence-corrected chi connectivity index (χ4v) is 4.48. The molecule has 1 aromatic heterocycles. The van der Waals surface area contributed by atoms with Crippen LogP contribution in [0.25, 0.3) is 17.4 Å². The standard InChI is InChI=1S/C21H12N2O6S2/c24-20-19(31-21(30)22(20)13-4-6-17-18(9-13)28-11-27-17)10-15-5-7-16(29-15)12-2-1-3-14(8-12)23(25)26/h1-10H,11H2/b19-10+. The highest BCUT2D eigenvalue weighted by atomic mass is 32.2. The van der Waals surface area contributed by atoms with Crippen molar-refractivity contribution in [2.45, 2.75) is 0 Å². The van der Waals surface area contributed by atoms with Gasteiger partial charge in [-0.25, -0.2) is 0 Å². The minimum Gasteiger partial charge on any atom is -0.457 e. The van der Waals surface area contributed by atoms with Gasteiger partial charge in [-0.15, -0.1) is 0 Å². The lowest BCUT2D eigenvalue weighted by molar-refractivity contribution is -0.384. The van der Waals surface area contributed by atoms with Crippen molar-refractivity contribution in [1.82, 2.24) is 0 Å². The Hall–Kier alpha value is -3.63. The van der Waals surface area contributed by atoms with Crippen molar-refractivity contribution in [3.8, 4) is 22.8 Å². The number of hydrogen-bond donors (Lipinski definition) is 0. The lowest BCUT2D eigenvalue weighted by Crippen LogP contribution is -2.27. The molecule has 0 aliphatic carbocycles. The van der Waals surface area contributed by atoms with Gasteiger partial charge in [0, 0.05) is 29.8 Å². The van der Waals surface area contributed by atoms with Crippen molar-refractivity contribution in [2.75, 3.05) is 11.7 Å². The molecule has 1 amide bonds. The minimum atomic E-state index is -0.463. The highest BCUT2D eigenvalue weighted by Gasteiger charge is 2.34. The predicted octanol–water partition coefficient (Wildman–Crippen LogP) is 4.99. The number of furan rings is 1. The number of thiocarbonyl (C=S) groups is 1. The number of amides is 1. The van der Waals surface area contributed by atoms with E-state index in [-0.39, 0.29) is 18.4 Å². The summed E-state index contributed by atoms with van der Waals surface area (Å²) >= 11 is 6.57. The molecule has 3 heterocycles. The zero-order valence-corrected chi connectivity index (χ0v) is 17.3. The van der Waals surface area contributed by atoms with Crippen molar-refractivity contribution < 1.29 is 23.6 Å². The van der Waals surface area contributed by atoms with Crippen LogP contribution >= 0.6 is 24.0 Å². The Bertz CT molecular complexity index is 1280. The molecule has 31 heavy (non-hydrogen) atoms. The first-order chi connectivity index (χ1) is 15.0. The highest BCUT2D eigenvalue weighted by Crippen LogP contribution is 2.41. The summed E-state index contributed by atoms with van der Waals surface area (Å²) in [6.45, 7) is 0.141. The Morgan fingerprint density at radius 3 is 2.77 bits per heavy atom. The summed E-state index contributed by atoms with van der Waals surface area (Å²) in [5.41, 5.74) is 1.13. The van der Waals surface area contributed by atoms with Crippen LogP contribution in [-0.4, -0.2) is 21.9 Å². The average molecular weight is 452 g/mol. The summed E-state index contributed by atoms with van der Waals surface area (Å²) in [6, 6.07) is 14.7. The molecular formula is C21H12N2O6S2. The number of ether oxygens (including phenoxy) is 2. The highest BCUT2D eigenvalue weighted by molar-refractivity contribution is 8.27. The van der Waals surface area contributed by atoms with Crippen LogP contribution in [0.5, 0.6) is 11.5 Å². The molecule has 3 aromatic rings. The normalized spacial score (nSPS) is 16.4. The van der Waals surface area contributed by atoms with E-state index in [9.17, 15) is 14.9 Å². The summed E-state index contributed by atoms with van der Waals surface area (Å²) in [5, 5.41) is 11.0. The summed E-state index contributed by atoms with van der Waals surface area (Å²) in [7, 11) is 0. The average Bonchev–Trinajstić information content (AvgIpc) is 3.48. The molecule has 154 valence electrons. The van der Waals surface area contributed by atoms with Gasteiger partial charge in [-0.2, -0.15) is 0 Å². The Balaban J connectivity index is 1.41. The fourth-order valence-electron chi connectivity index (χ4n) is 3.20. The second kappa shape index (κ2) is 7.56. The largest absolute Gasteiger partial charge is 0.457 e. The Labute approximate surface area is 185 Å². The first kappa shape index (κ1) is 19.3. The monoisotopic (exact) mass is 452 g/mol. The number of anilines is 1. The zero-order chi connectivity index (χ0) is 21.5. The number of thioether (sulfide) groups is 1. The van der Waals surface area contributed by atoms with Crippen LogP contribution in [0, 0.1) is 10.1 Å².